The molecule has 2 aliphatic rings. The van der Waals surface area contributed by atoms with Crippen LogP contribution in [0.25, 0.3) is 27.7 Å². The third-order valence-electron chi connectivity index (χ3n) is 9.74. The van der Waals surface area contributed by atoms with Gasteiger partial charge in [-0.3, -0.25) is 14.9 Å². The number of hydrogen-bond donors (Lipinski definition) is 1. The van der Waals surface area contributed by atoms with Crippen molar-refractivity contribution in [2.75, 3.05) is 31.5 Å². The second kappa shape index (κ2) is 15.4. The van der Waals surface area contributed by atoms with Crippen LogP contribution >= 0.6 is 11.6 Å². The maximum atomic E-state index is 13.7. The lowest BCUT2D eigenvalue weighted by atomic mass is 9.95. The van der Waals surface area contributed by atoms with E-state index in [4.69, 9.17) is 21.3 Å². The van der Waals surface area contributed by atoms with Crippen LogP contribution in [-0.4, -0.2) is 86.9 Å². The number of rotatable bonds is 8. The normalized spacial score (nSPS) is 15.4. The minimum Gasteiger partial charge on any atom is -0.444 e. The number of ether oxygens (including phenoxy) is 1. The van der Waals surface area contributed by atoms with Crippen molar-refractivity contribution in [2.45, 2.75) is 56.6 Å². The van der Waals surface area contributed by atoms with E-state index in [1.807, 2.05) is 12.1 Å². The van der Waals surface area contributed by atoms with Gasteiger partial charge in [-0.15, -0.1) is 0 Å². The number of aromatic nitrogens is 3. The Morgan fingerprint density at radius 1 is 0.964 bits per heavy atom. The van der Waals surface area contributed by atoms with Gasteiger partial charge in [0, 0.05) is 61.0 Å². The van der Waals surface area contributed by atoms with Gasteiger partial charge in [-0.2, -0.15) is 0 Å². The van der Waals surface area contributed by atoms with Crippen LogP contribution in [0.4, 0.5) is 16.4 Å². The molecule has 2 aromatic heterocycles. The number of halogens is 1. The molecule has 2 aliphatic heterocycles. The molecular formula is C40H40ClN7O7S. The molecule has 56 heavy (non-hydrogen) atoms. The first kappa shape index (κ1) is 38.5. The molecule has 3 aromatic carbocycles. The number of hydrogen-bond acceptors (Lipinski definition) is 10. The lowest BCUT2D eigenvalue weighted by molar-refractivity contribution is -0.385. The van der Waals surface area contributed by atoms with Gasteiger partial charge in [-0.1, -0.05) is 54.1 Å². The Labute approximate surface area is 329 Å². The summed E-state index contributed by atoms with van der Waals surface area (Å²) in [6.45, 7) is 6.77. The third kappa shape index (κ3) is 7.95. The highest BCUT2D eigenvalue weighted by molar-refractivity contribution is 7.90. The van der Waals surface area contributed by atoms with E-state index in [1.54, 1.807) is 85.2 Å². The zero-order chi connectivity index (χ0) is 39.8. The van der Waals surface area contributed by atoms with E-state index < -0.39 is 26.6 Å². The average molecular weight is 798 g/mol. The van der Waals surface area contributed by atoms with Crippen LogP contribution in [-0.2, 0) is 14.8 Å². The van der Waals surface area contributed by atoms with Crippen molar-refractivity contribution >= 4 is 61.7 Å². The highest BCUT2D eigenvalue weighted by Crippen LogP contribution is 2.36. The first-order valence-corrected chi connectivity index (χ1v) is 20.0. The number of nitrogens with one attached hydrogen (secondary N) is 1. The number of benzene rings is 3. The summed E-state index contributed by atoms with van der Waals surface area (Å²) in [4.78, 5) is 50.4. The highest BCUT2D eigenvalue weighted by atomic mass is 35.5. The monoisotopic (exact) mass is 797 g/mol. The van der Waals surface area contributed by atoms with E-state index in [-0.39, 0.29) is 34.1 Å². The fourth-order valence-electron chi connectivity index (χ4n) is 6.95. The van der Waals surface area contributed by atoms with Gasteiger partial charge in [-0.05, 0) is 75.9 Å². The number of nitro groups is 1. The molecule has 0 atom stereocenters. The van der Waals surface area contributed by atoms with E-state index in [2.05, 4.69) is 10.3 Å². The number of piperidine rings is 1. The van der Waals surface area contributed by atoms with Crippen molar-refractivity contribution in [3.63, 3.8) is 0 Å². The Bertz CT molecular complexity index is 2470. The highest BCUT2D eigenvalue weighted by Gasteiger charge is 2.30. The Kier molecular flexibility index (Phi) is 10.6. The van der Waals surface area contributed by atoms with E-state index >= 15 is 0 Å². The number of likely N-dealkylation sites (tertiary alicyclic amines) is 1. The lowest BCUT2D eigenvalue weighted by Crippen LogP contribution is -2.42. The summed E-state index contributed by atoms with van der Waals surface area (Å²) in [7, 11) is -3.92. The molecule has 14 nitrogen and oxygen atoms in total. The lowest BCUT2D eigenvalue weighted by Gasteiger charge is -2.32. The number of nitro benzene ring substituents is 1. The Morgan fingerprint density at radius 2 is 1.68 bits per heavy atom. The Morgan fingerprint density at radius 3 is 2.36 bits per heavy atom. The van der Waals surface area contributed by atoms with E-state index in [9.17, 15) is 28.1 Å². The minimum atomic E-state index is -3.92. The van der Waals surface area contributed by atoms with Gasteiger partial charge in [0.1, 0.15) is 5.60 Å². The van der Waals surface area contributed by atoms with Crippen molar-refractivity contribution in [3.05, 3.63) is 118 Å². The quantitative estimate of drug-likeness (QED) is 0.122. The van der Waals surface area contributed by atoms with Crippen molar-refractivity contribution in [1.82, 2.24) is 23.7 Å². The predicted molar refractivity (Wildman–Crippen MR) is 213 cm³/mol. The molecule has 0 bridgehead atoms. The fourth-order valence-corrected chi connectivity index (χ4v) is 8.54. The molecule has 5 aromatic rings. The largest absolute Gasteiger partial charge is 0.444 e. The van der Waals surface area contributed by atoms with Crippen LogP contribution < -0.4 is 5.32 Å². The van der Waals surface area contributed by atoms with Gasteiger partial charge in [0.2, 0.25) is 5.95 Å². The van der Waals surface area contributed by atoms with Gasteiger partial charge in [-0.25, -0.2) is 27.2 Å². The number of carbonyl (C=O) groups is 2. The SMILES string of the molecule is CC(C)(C)OC(=O)N1CC=C(c2cc(C(=O)N3CCC(Nc4ncc(Cl)c(-c5cn(S(=O)(=O)c6ccccc6)c6ccccc56)n4)CC3)ccc2[N+](=O)[O-])CC1. The van der Waals surface area contributed by atoms with Crippen LogP contribution in [0.5, 0.6) is 0 Å². The number of para-hydroxylation sites is 1. The smallest absolute Gasteiger partial charge is 0.410 e. The van der Waals surface area contributed by atoms with Gasteiger partial charge in [0.05, 0.1) is 37.8 Å². The molecule has 7 rings (SSSR count). The van der Waals surface area contributed by atoms with Crippen LogP contribution in [0.15, 0.2) is 96.2 Å². The van der Waals surface area contributed by atoms with Crippen molar-refractivity contribution in [1.29, 1.82) is 0 Å². The molecule has 0 spiro atoms. The number of amides is 2. The molecule has 0 aliphatic carbocycles. The second-order valence-corrected chi connectivity index (χ2v) is 16.9. The summed E-state index contributed by atoms with van der Waals surface area (Å²) >= 11 is 6.64. The number of fused-ring (bicyclic) bond motifs is 1. The standard InChI is InChI=1S/C40H40ClN7O7S/c1-40(2,3)55-39(50)46-19-15-26(16-20-46)31-23-27(13-14-35(31)48(51)52)37(49)45-21-17-28(18-22-45)43-38-42-24-33(41)36(44-38)32-25-47(34-12-8-7-11-30(32)34)56(53,54)29-9-5-4-6-10-29/h4-15,23-25,28H,16-22H2,1-3H3,(H,42,43,44). The van der Waals surface area contributed by atoms with Crippen molar-refractivity contribution in [2.24, 2.45) is 0 Å². The number of carbonyl (C=O) groups excluding carboxylic acids is 2. The Hall–Kier alpha value is -5.80. The van der Waals surface area contributed by atoms with Crippen molar-refractivity contribution in [3.8, 4) is 11.3 Å². The van der Waals surface area contributed by atoms with Gasteiger partial charge < -0.3 is 19.9 Å². The van der Waals surface area contributed by atoms with Crippen LogP contribution in [0.2, 0.25) is 5.02 Å². The zero-order valence-electron chi connectivity index (χ0n) is 31.0. The maximum absolute atomic E-state index is 13.7. The molecule has 16 heteroatoms. The van der Waals surface area contributed by atoms with E-state index in [0.29, 0.717) is 83.7 Å². The summed E-state index contributed by atoms with van der Waals surface area (Å²) in [5.41, 5.74) is 2.02. The van der Waals surface area contributed by atoms with Gasteiger partial charge >= 0.3 is 6.09 Å². The molecule has 1 N–H and O–H groups in total. The summed E-state index contributed by atoms with van der Waals surface area (Å²) in [5, 5.41) is 16.3. The Balaban J connectivity index is 1.05. The van der Waals surface area contributed by atoms with Crippen LogP contribution in [0.1, 0.15) is 56.0 Å². The summed E-state index contributed by atoms with van der Waals surface area (Å²) in [6.07, 6.45) is 5.86. The van der Waals surface area contributed by atoms with Crippen LogP contribution in [0, 0.1) is 10.1 Å². The topological polar surface area (TPSA) is 170 Å². The number of anilines is 1. The third-order valence-corrected chi connectivity index (χ3v) is 11.7. The first-order valence-electron chi connectivity index (χ1n) is 18.1. The maximum Gasteiger partial charge on any atom is 0.410 e. The fraction of sp³-hybridized carbons (Fsp3) is 0.300. The molecule has 290 valence electrons. The van der Waals surface area contributed by atoms with Gasteiger partial charge in [0.15, 0.2) is 0 Å². The van der Waals surface area contributed by atoms with E-state index in [1.165, 1.54) is 28.5 Å². The molecule has 1 fully saturated rings. The molecule has 0 radical (unpaired) electrons. The molecule has 4 heterocycles. The van der Waals surface area contributed by atoms with Gasteiger partial charge in [0.25, 0.3) is 21.6 Å². The first-order chi connectivity index (χ1) is 26.7. The summed E-state index contributed by atoms with van der Waals surface area (Å²) in [6, 6.07) is 19.7. The number of nitrogens with zero attached hydrogens (tertiary/aromatic N) is 6. The zero-order valence-corrected chi connectivity index (χ0v) is 32.6. The summed E-state index contributed by atoms with van der Waals surface area (Å²) < 4.78 is 34.1. The van der Waals surface area contributed by atoms with E-state index in [0.717, 1.165) is 0 Å². The van der Waals surface area contributed by atoms with Crippen molar-refractivity contribution < 1.29 is 27.7 Å². The average Bonchev–Trinajstić information content (AvgIpc) is 3.58. The van der Waals surface area contributed by atoms with Crippen LogP contribution in [0.3, 0.4) is 0 Å². The molecular weight excluding hydrogens is 758 g/mol. The molecule has 0 saturated carbocycles. The second-order valence-electron chi connectivity index (χ2n) is 14.7. The predicted octanol–water partition coefficient (Wildman–Crippen LogP) is 7.64. The molecule has 1 saturated heterocycles. The summed E-state index contributed by atoms with van der Waals surface area (Å²) in [5.74, 6) is 0.0705. The molecule has 2 amide bonds. The molecule has 0 unspecified atom stereocenters. The minimum absolute atomic E-state index is 0.0828.